The first-order valence-electron chi connectivity index (χ1n) is 11.4. The van der Waals surface area contributed by atoms with E-state index in [1.807, 2.05) is 18.2 Å². The van der Waals surface area contributed by atoms with Gasteiger partial charge >= 0.3 is 0 Å². The Balaban J connectivity index is 1.35. The number of aryl methyl sites for hydroxylation is 2. The number of aromatic nitrogens is 2. The van der Waals surface area contributed by atoms with Gasteiger partial charge in [0, 0.05) is 16.5 Å². The Morgan fingerprint density at radius 2 is 1.83 bits per heavy atom. The Kier molecular flexibility index (Phi) is 6.83. The molecule has 0 atom stereocenters. The van der Waals surface area contributed by atoms with Gasteiger partial charge in [-0.2, -0.15) is 0 Å². The standard InChI is InChI=1S/C26H25ClN2O5S/c1-31-16-6-5-7-17(14-16)33-10-11-34-23-19(27)12-15(13-20(23)32-2)24-28-25(30)22-18-8-3-4-9-21(18)35-26(22)29-24/h5-7,12-14H,3-4,8-11H2,1-2H3,(H,28,29,30). The highest BCUT2D eigenvalue weighted by Gasteiger charge is 2.21. The van der Waals surface area contributed by atoms with Crippen molar-refractivity contribution in [2.75, 3.05) is 27.4 Å². The molecule has 0 amide bonds. The van der Waals surface area contributed by atoms with E-state index in [4.69, 9.17) is 35.5 Å². The molecule has 0 bridgehead atoms. The average Bonchev–Trinajstić information content (AvgIpc) is 3.26. The van der Waals surface area contributed by atoms with Crippen LogP contribution < -0.4 is 24.5 Å². The number of halogens is 1. The second kappa shape index (κ2) is 10.2. The van der Waals surface area contributed by atoms with Gasteiger partial charge in [-0.15, -0.1) is 11.3 Å². The highest BCUT2D eigenvalue weighted by atomic mass is 35.5. The van der Waals surface area contributed by atoms with E-state index in [1.54, 1.807) is 43.8 Å². The number of thiophene rings is 1. The fourth-order valence-corrected chi connectivity index (χ4v) is 5.82. The fourth-order valence-electron chi connectivity index (χ4n) is 4.29. The molecule has 0 spiro atoms. The number of nitrogens with one attached hydrogen (secondary N) is 1. The van der Waals surface area contributed by atoms with E-state index < -0.39 is 0 Å². The molecule has 0 unspecified atom stereocenters. The number of rotatable bonds is 8. The van der Waals surface area contributed by atoms with Gasteiger partial charge < -0.3 is 23.9 Å². The molecule has 5 rings (SSSR count). The van der Waals surface area contributed by atoms with Crippen molar-refractivity contribution in [2.45, 2.75) is 25.7 Å². The molecule has 4 aromatic rings. The largest absolute Gasteiger partial charge is 0.497 e. The van der Waals surface area contributed by atoms with Crippen molar-refractivity contribution in [3.8, 4) is 34.4 Å². The summed E-state index contributed by atoms with van der Waals surface area (Å²) in [5, 5.41) is 1.08. The Morgan fingerprint density at radius 1 is 1.03 bits per heavy atom. The molecular weight excluding hydrogens is 488 g/mol. The topological polar surface area (TPSA) is 82.7 Å². The van der Waals surface area contributed by atoms with Crippen molar-refractivity contribution in [1.29, 1.82) is 0 Å². The van der Waals surface area contributed by atoms with Crippen LogP contribution in [0.15, 0.2) is 41.2 Å². The Hall–Kier alpha value is -3.23. The molecule has 2 aromatic carbocycles. The molecule has 1 aliphatic rings. The van der Waals surface area contributed by atoms with Gasteiger partial charge in [0.15, 0.2) is 11.5 Å². The van der Waals surface area contributed by atoms with Gasteiger partial charge in [-0.1, -0.05) is 17.7 Å². The zero-order chi connectivity index (χ0) is 24.4. The van der Waals surface area contributed by atoms with Gasteiger partial charge in [0.1, 0.15) is 35.4 Å². The summed E-state index contributed by atoms with van der Waals surface area (Å²) in [6.45, 7) is 0.567. The molecule has 0 saturated carbocycles. The smallest absolute Gasteiger partial charge is 0.260 e. The number of benzene rings is 2. The zero-order valence-corrected chi connectivity index (χ0v) is 21.1. The van der Waals surface area contributed by atoms with Crippen LogP contribution in [0.4, 0.5) is 0 Å². The third-order valence-corrected chi connectivity index (χ3v) is 7.43. The Labute approximate surface area is 211 Å². The maximum Gasteiger partial charge on any atom is 0.260 e. The fraction of sp³-hybridized carbons (Fsp3) is 0.308. The van der Waals surface area contributed by atoms with E-state index in [-0.39, 0.29) is 12.2 Å². The van der Waals surface area contributed by atoms with Crippen molar-refractivity contribution < 1.29 is 18.9 Å². The van der Waals surface area contributed by atoms with Gasteiger partial charge in [0.05, 0.1) is 24.6 Å². The van der Waals surface area contributed by atoms with Gasteiger partial charge in [-0.05, 0) is 55.5 Å². The summed E-state index contributed by atoms with van der Waals surface area (Å²) in [4.78, 5) is 22.7. The van der Waals surface area contributed by atoms with Gasteiger partial charge in [-0.25, -0.2) is 4.98 Å². The van der Waals surface area contributed by atoms with Crippen molar-refractivity contribution in [3.63, 3.8) is 0 Å². The molecule has 35 heavy (non-hydrogen) atoms. The van der Waals surface area contributed by atoms with Crippen LogP contribution in [0, 0.1) is 0 Å². The number of fused-ring (bicyclic) bond motifs is 3. The van der Waals surface area contributed by atoms with E-state index in [2.05, 4.69) is 4.98 Å². The lowest BCUT2D eigenvalue weighted by Gasteiger charge is -2.14. The number of hydrogen-bond acceptors (Lipinski definition) is 7. The molecule has 0 saturated heterocycles. The molecular formula is C26H25ClN2O5S. The molecule has 1 aliphatic carbocycles. The molecule has 2 aromatic heterocycles. The molecule has 7 nitrogen and oxygen atoms in total. The predicted octanol–water partition coefficient (Wildman–Crippen LogP) is 5.66. The third kappa shape index (κ3) is 4.81. The lowest BCUT2D eigenvalue weighted by molar-refractivity contribution is 0.211. The molecule has 0 aliphatic heterocycles. The van der Waals surface area contributed by atoms with Crippen LogP contribution in [0.25, 0.3) is 21.6 Å². The normalized spacial score (nSPS) is 12.9. The minimum Gasteiger partial charge on any atom is -0.497 e. The van der Waals surface area contributed by atoms with Crippen LogP contribution in [-0.2, 0) is 12.8 Å². The van der Waals surface area contributed by atoms with Crippen molar-refractivity contribution >= 4 is 33.2 Å². The number of ether oxygens (including phenoxy) is 4. The number of nitrogens with zero attached hydrogens (tertiary/aromatic N) is 1. The number of H-pyrrole nitrogens is 1. The van der Waals surface area contributed by atoms with Crippen LogP contribution in [-0.4, -0.2) is 37.4 Å². The second-order valence-electron chi connectivity index (χ2n) is 8.17. The van der Waals surface area contributed by atoms with Gasteiger partial charge in [0.25, 0.3) is 5.56 Å². The molecule has 0 fully saturated rings. The number of methoxy groups -OCH3 is 2. The molecule has 182 valence electrons. The first kappa shape index (κ1) is 23.5. The lowest BCUT2D eigenvalue weighted by Crippen LogP contribution is -2.11. The van der Waals surface area contributed by atoms with Crippen LogP contribution >= 0.6 is 22.9 Å². The van der Waals surface area contributed by atoms with E-state index >= 15 is 0 Å². The first-order valence-corrected chi connectivity index (χ1v) is 12.6. The summed E-state index contributed by atoms with van der Waals surface area (Å²) in [6, 6.07) is 10.8. The highest BCUT2D eigenvalue weighted by molar-refractivity contribution is 7.18. The highest BCUT2D eigenvalue weighted by Crippen LogP contribution is 2.40. The van der Waals surface area contributed by atoms with E-state index in [9.17, 15) is 4.79 Å². The summed E-state index contributed by atoms with van der Waals surface area (Å²) in [7, 11) is 3.15. The van der Waals surface area contributed by atoms with Crippen LogP contribution in [0.5, 0.6) is 23.0 Å². The maximum absolute atomic E-state index is 12.9. The second-order valence-corrected chi connectivity index (χ2v) is 9.66. The molecule has 9 heteroatoms. The van der Waals surface area contributed by atoms with Gasteiger partial charge in [-0.3, -0.25) is 4.79 Å². The number of hydrogen-bond donors (Lipinski definition) is 1. The van der Waals surface area contributed by atoms with Crippen molar-refractivity contribution in [1.82, 2.24) is 9.97 Å². The summed E-state index contributed by atoms with van der Waals surface area (Å²) in [5.41, 5.74) is 1.69. The SMILES string of the molecule is COc1cccc(OCCOc2c(Cl)cc(-c3nc4sc5c(c4c(=O)[nH]3)CCCC5)cc2OC)c1. The molecule has 2 heterocycles. The molecule has 1 N–H and O–H groups in total. The minimum atomic E-state index is -0.116. The van der Waals surface area contributed by atoms with E-state index in [0.29, 0.717) is 40.3 Å². The lowest BCUT2D eigenvalue weighted by atomic mass is 9.97. The quantitative estimate of drug-likeness (QED) is 0.307. The molecule has 0 radical (unpaired) electrons. The monoisotopic (exact) mass is 512 g/mol. The van der Waals surface area contributed by atoms with Crippen molar-refractivity contribution in [3.05, 3.63) is 62.2 Å². The van der Waals surface area contributed by atoms with Crippen LogP contribution in [0.3, 0.4) is 0 Å². The minimum absolute atomic E-state index is 0.116. The van der Waals surface area contributed by atoms with Crippen molar-refractivity contribution in [2.24, 2.45) is 0 Å². The average molecular weight is 513 g/mol. The summed E-state index contributed by atoms with van der Waals surface area (Å²) in [6.07, 6.45) is 4.22. The first-order chi connectivity index (χ1) is 17.1. The van der Waals surface area contributed by atoms with E-state index in [1.165, 1.54) is 4.88 Å². The zero-order valence-electron chi connectivity index (χ0n) is 19.5. The predicted molar refractivity (Wildman–Crippen MR) is 138 cm³/mol. The number of aromatic amines is 1. The van der Waals surface area contributed by atoms with Gasteiger partial charge in [0.2, 0.25) is 0 Å². The third-order valence-electron chi connectivity index (χ3n) is 5.97. The van der Waals surface area contributed by atoms with E-state index in [0.717, 1.165) is 47.2 Å². The Morgan fingerprint density at radius 3 is 2.66 bits per heavy atom. The van der Waals surface area contributed by atoms with Crippen LogP contribution in [0.1, 0.15) is 23.3 Å². The maximum atomic E-state index is 12.9. The summed E-state index contributed by atoms with van der Waals surface area (Å²) < 4.78 is 22.3. The summed E-state index contributed by atoms with van der Waals surface area (Å²) >= 11 is 8.17. The summed E-state index contributed by atoms with van der Waals surface area (Å²) in [5.74, 6) is 2.71. The van der Waals surface area contributed by atoms with Crippen LogP contribution in [0.2, 0.25) is 5.02 Å². The Bertz CT molecular complexity index is 1430.